The molecule has 1 aliphatic carbocycles. The minimum absolute atomic E-state index is 0.326. The van der Waals surface area contributed by atoms with E-state index in [1.807, 2.05) is 11.9 Å². The Morgan fingerprint density at radius 1 is 1.22 bits per heavy atom. The van der Waals surface area contributed by atoms with Crippen LogP contribution in [0.25, 0.3) is 0 Å². The van der Waals surface area contributed by atoms with Crippen molar-refractivity contribution in [2.24, 2.45) is 0 Å². The van der Waals surface area contributed by atoms with Crippen LogP contribution >= 0.6 is 0 Å². The molecular weight excluding hydrogens is 224 g/mol. The van der Waals surface area contributed by atoms with Crippen LogP contribution in [-0.4, -0.2) is 36.5 Å². The summed E-state index contributed by atoms with van der Waals surface area (Å²) in [6.07, 6.45) is 9.31. The number of carbonyl (C=O) groups is 1. The molecule has 106 valence electrons. The fraction of sp³-hybridized carbons (Fsp3) is 0.933. The molecular formula is C15H30N2O. The molecule has 0 radical (unpaired) electrons. The third-order valence-corrected chi connectivity index (χ3v) is 3.89. The van der Waals surface area contributed by atoms with Crippen LogP contribution in [0, 0.1) is 0 Å². The van der Waals surface area contributed by atoms with Gasteiger partial charge in [0.05, 0.1) is 0 Å². The predicted octanol–water partition coefficient (Wildman–Crippen LogP) is 2.95. The van der Waals surface area contributed by atoms with Gasteiger partial charge in [-0.15, -0.1) is 0 Å². The predicted molar refractivity (Wildman–Crippen MR) is 76.6 cm³/mol. The Balaban J connectivity index is 2.22. The average molecular weight is 254 g/mol. The lowest BCUT2D eigenvalue weighted by Crippen LogP contribution is -2.37. The van der Waals surface area contributed by atoms with Gasteiger partial charge in [0.2, 0.25) is 5.91 Å². The molecule has 0 aromatic rings. The standard InChI is InChI=1S/C15H30N2O/c1-13(2)16-12-8-11-15(18)17(3)14-9-6-4-5-7-10-14/h13-14,16H,4-12H2,1-3H3. The molecule has 0 heterocycles. The van der Waals surface area contributed by atoms with Gasteiger partial charge >= 0.3 is 0 Å². The van der Waals surface area contributed by atoms with Crippen LogP contribution in [0.15, 0.2) is 0 Å². The summed E-state index contributed by atoms with van der Waals surface area (Å²) in [6, 6.07) is 1.01. The topological polar surface area (TPSA) is 32.3 Å². The molecule has 1 N–H and O–H groups in total. The van der Waals surface area contributed by atoms with Crippen molar-refractivity contribution in [2.75, 3.05) is 13.6 Å². The normalized spacial score (nSPS) is 17.8. The van der Waals surface area contributed by atoms with Crippen molar-refractivity contribution in [3.05, 3.63) is 0 Å². The second kappa shape index (κ2) is 8.52. The van der Waals surface area contributed by atoms with Gasteiger partial charge in [-0.25, -0.2) is 0 Å². The number of amides is 1. The van der Waals surface area contributed by atoms with Gasteiger partial charge in [0.15, 0.2) is 0 Å². The molecule has 0 atom stereocenters. The summed E-state index contributed by atoms with van der Waals surface area (Å²) in [7, 11) is 1.99. The molecule has 1 rings (SSSR count). The molecule has 0 aliphatic heterocycles. The van der Waals surface area contributed by atoms with Crippen molar-refractivity contribution in [1.82, 2.24) is 10.2 Å². The number of carbonyl (C=O) groups excluding carboxylic acids is 1. The lowest BCUT2D eigenvalue weighted by atomic mass is 10.1. The summed E-state index contributed by atoms with van der Waals surface area (Å²) >= 11 is 0. The Hall–Kier alpha value is -0.570. The highest BCUT2D eigenvalue weighted by Crippen LogP contribution is 2.21. The van der Waals surface area contributed by atoms with Gasteiger partial charge in [-0.2, -0.15) is 0 Å². The highest BCUT2D eigenvalue weighted by atomic mass is 16.2. The molecule has 1 amide bonds. The maximum atomic E-state index is 12.1. The first-order chi connectivity index (χ1) is 8.61. The van der Waals surface area contributed by atoms with Gasteiger partial charge in [0.25, 0.3) is 0 Å². The molecule has 0 bridgehead atoms. The van der Waals surface area contributed by atoms with E-state index in [-0.39, 0.29) is 0 Å². The van der Waals surface area contributed by atoms with Crippen LogP contribution in [0.2, 0.25) is 0 Å². The molecule has 0 aromatic carbocycles. The Kier molecular flexibility index (Phi) is 7.33. The summed E-state index contributed by atoms with van der Waals surface area (Å²) in [5.41, 5.74) is 0. The molecule has 1 fully saturated rings. The van der Waals surface area contributed by atoms with E-state index in [1.54, 1.807) is 0 Å². The molecule has 18 heavy (non-hydrogen) atoms. The highest BCUT2D eigenvalue weighted by molar-refractivity contribution is 5.76. The minimum atomic E-state index is 0.326. The first kappa shape index (κ1) is 15.5. The van der Waals surface area contributed by atoms with Gasteiger partial charge in [-0.1, -0.05) is 39.5 Å². The monoisotopic (exact) mass is 254 g/mol. The number of nitrogens with one attached hydrogen (secondary N) is 1. The van der Waals surface area contributed by atoms with E-state index in [9.17, 15) is 4.79 Å². The zero-order chi connectivity index (χ0) is 13.4. The van der Waals surface area contributed by atoms with E-state index in [0.717, 1.165) is 13.0 Å². The van der Waals surface area contributed by atoms with Crippen molar-refractivity contribution in [3.8, 4) is 0 Å². The summed E-state index contributed by atoms with van der Waals surface area (Å²) in [5, 5.41) is 3.36. The molecule has 3 heteroatoms. The molecule has 1 aliphatic rings. The third kappa shape index (κ3) is 5.85. The van der Waals surface area contributed by atoms with Gasteiger partial charge in [-0.3, -0.25) is 4.79 Å². The van der Waals surface area contributed by atoms with Crippen LogP contribution in [-0.2, 0) is 4.79 Å². The Bertz CT molecular complexity index is 233. The Morgan fingerprint density at radius 3 is 2.39 bits per heavy atom. The largest absolute Gasteiger partial charge is 0.343 e. The first-order valence-electron chi connectivity index (χ1n) is 7.60. The van der Waals surface area contributed by atoms with E-state index < -0.39 is 0 Å². The highest BCUT2D eigenvalue weighted by Gasteiger charge is 2.20. The lowest BCUT2D eigenvalue weighted by Gasteiger charge is -2.27. The van der Waals surface area contributed by atoms with Crippen LogP contribution in [0.5, 0.6) is 0 Å². The molecule has 3 nitrogen and oxygen atoms in total. The van der Waals surface area contributed by atoms with E-state index >= 15 is 0 Å². The smallest absolute Gasteiger partial charge is 0.222 e. The Labute approximate surface area is 112 Å². The fourth-order valence-corrected chi connectivity index (χ4v) is 2.66. The zero-order valence-corrected chi connectivity index (χ0v) is 12.4. The molecule has 0 saturated heterocycles. The van der Waals surface area contributed by atoms with Crippen LogP contribution < -0.4 is 5.32 Å². The van der Waals surface area contributed by atoms with Gasteiger partial charge in [0, 0.05) is 25.6 Å². The van der Waals surface area contributed by atoms with Gasteiger partial charge in [0.1, 0.15) is 0 Å². The lowest BCUT2D eigenvalue weighted by molar-refractivity contribution is -0.132. The van der Waals surface area contributed by atoms with Gasteiger partial charge in [-0.05, 0) is 25.8 Å². The fourth-order valence-electron chi connectivity index (χ4n) is 2.66. The molecule has 0 unspecified atom stereocenters. The van der Waals surface area contributed by atoms with Crippen molar-refractivity contribution >= 4 is 5.91 Å². The SMILES string of the molecule is CC(C)NCCCC(=O)N(C)C1CCCCCC1. The van der Waals surface area contributed by atoms with E-state index in [4.69, 9.17) is 0 Å². The number of rotatable bonds is 6. The molecule has 1 saturated carbocycles. The second-order valence-corrected chi connectivity index (χ2v) is 5.86. The number of hydrogen-bond donors (Lipinski definition) is 1. The summed E-state index contributed by atoms with van der Waals surface area (Å²) < 4.78 is 0. The van der Waals surface area contributed by atoms with E-state index in [2.05, 4.69) is 19.2 Å². The maximum Gasteiger partial charge on any atom is 0.222 e. The van der Waals surface area contributed by atoms with Crippen molar-refractivity contribution in [1.29, 1.82) is 0 Å². The minimum Gasteiger partial charge on any atom is -0.343 e. The second-order valence-electron chi connectivity index (χ2n) is 5.86. The Morgan fingerprint density at radius 2 is 1.83 bits per heavy atom. The maximum absolute atomic E-state index is 12.1. The van der Waals surface area contributed by atoms with Crippen molar-refractivity contribution in [3.63, 3.8) is 0 Å². The van der Waals surface area contributed by atoms with Gasteiger partial charge < -0.3 is 10.2 Å². The van der Waals surface area contributed by atoms with E-state index in [0.29, 0.717) is 24.4 Å². The molecule has 0 spiro atoms. The third-order valence-electron chi connectivity index (χ3n) is 3.89. The van der Waals surface area contributed by atoms with Crippen LogP contribution in [0.4, 0.5) is 0 Å². The van der Waals surface area contributed by atoms with Crippen LogP contribution in [0.3, 0.4) is 0 Å². The van der Waals surface area contributed by atoms with E-state index in [1.165, 1.54) is 38.5 Å². The first-order valence-corrected chi connectivity index (χ1v) is 7.60. The summed E-state index contributed by atoms with van der Waals surface area (Å²) in [4.78, 5) is 14.1. The van der Waals surface area contributed by atoms with Crippen molar-refractivity contribution in [2.45, 2.75) is 77.3 Å². The zero-order valence-electron chi connectivity index (χ0n) is 12.4. The quantitative estimate of drug-likeness (QED) is 0.584. The summed E-state index contributed by atoms with van der Waals surface area (Å²) in [5.74, 6) is 0.326. The van der Waals surface area contributed by atoms with Crippen molar-refractivity contribution < 1.29 is 4.79 Å². The number of nitrogens with zero attached hydrogens (tertiary/aromatic N) is 1. The molecule has 0 aromatic heterocycles. The van der Waals surface area contributed by atoms with Crippen LogP contribution in [0.1, 0.15) is 65.2 Å². The number of hydrogen-bond acceptors (Lipinski definition) is 2. The average Bonchev–Trinajstić information content (AvgIpc) is 2.61. The summed E-state index contributed by atoms with van der Waals surface area (Å²) in [6.45, 7) is 5.22.